The van der Waals surface area contributed by atoms with Crippen molar-refractivity contribution in [3.63, 3.8) is 0 Å². The van der Waals surface area contributed by atoms with E-state index in [0.29, 0.717) is 5.82 Å². The summed E-state index contributed by atoms with van der Waals surface area (Å²) < 4.78 is 36.2. The van der Waals surface area contributed by atoms with E-state index in [9.17, 15) is 12.9 Å². The quantitative estimate of drug-likeness (QED) is 0.775. The van der Waals surface area contributed by atoms with Crippen LogP contribution in [0.3, 0.4) is 0 Å². The third kappa shape index (κ3) is 2.47. The van der Waals surface area contributed by atoms with Crippen LogP contribution in [-0.2, 0) is 11.9 Å². The monoisotopic (exact) mass is 216 g/mol. The van der Waals surface area contributed by atoms with E-state index >= 15 is 0 Å². The van der Waals surface area contributed by atoms with Gasteiger partial charge in [-0.05, 0) is 18.4 Å². The summed E-state index contributed by atoms with van der Waals surface area (Å²) in [5.74, 6) is 0.445. The van der Waals surface area contributed by atoms with Crippen molar-refractivity contribution >= 4 is 6.98 Å². The maximum Gasteiger partial charge on any atom is 0.482 e. The molecule has 15 heavy (non-hydrogen) atoms. The van der Waals surface area contributed by atoms with Crippen molar-refractivity contribution in [1.82, 2.24) is 9.97 Å². The highest BCUT2D eigenvalue weighted by atomic mass is 19.4. The van der Waals surface area contributed by atoms with E-state index in [1.165, 1.54) is 12.4 Å². The fourth-order valence-corrected chi connectivity index (χ4v) is 1.34. The standard InChI is InChI=1S/C8H10BF3N3/c10-9(11,12)3-6-4-14-7(15-5-6)8(13)1-2-8/h4-5H,1-3,13H2/q-1. The summed E-state index contributed by atoms with van der Waals surface area (Å²) in [5, 5.41) is 0. The highest BCUT2D eigenvalue weighted by Crippen LogP contribution is 2.40. The van der Waals surface area contributed by atoms with Gasteiger partial charge in [0, 0.05) is 12.4 Å². The van der Waals surface area contributed by atoms with E-state index in [-0.39, 0.29) is 5.56 Å². The Morgan fingerprint density at radius 1 is 1.27 bits per heavy atom. The number of nitrogens with zero attached hydrogens (tertiary/aromatic N) is 2. The lowest BCUT2D eigenvalue weighted by Crippen LogP contribution is -2.23. The molecule has 2 rings (SSSR count). The molecule has 0 spiro atoms. The molecule has 1 aliphatic carbocycles. The molecule has 0 unspecified atom stereocenters. The van der Waals surface area contributed by atoms with Gasteiger partial charge < -0.3 is 18.7 Å². The predicted molar refractivity (Wildman–Crippen MR) is 49.9 cm³/mol. The molecular formula is C8H10BF3N3-. The third-order valence-corrected chi connectivity index (χ3v) is 2.41. The number of nitrogens with two attached hydrogens (primary N) is 1. The van der Waals surface area contributed by atoms with Crippen molar-refractivity contribution < 1.29 is 12.9 Å². The van der Waals surface area contributed by atoms with E-state index < -0.39 is 18.8 Å². The number of hydrogen-bond acceptors (Lipinski definition) is 3. The summed E-state index contributed by atoms with van der Waals surface area (Å²) in [7, 11) is 0. The Morgan fingerprint density at radius 2 is 1.80 bits per heavy atom. The Balaban J connectivity index is 2.11. The van der Waals surface area contributed by atoms with Crippen molar-refractivity contribution in [3.8, 4) is 0 Å². The number of hydrogen-bond donors (Lipinski definition) is 1. The molecule has 0 amide bonds. The Kier molecular flexibility index (Phi) is 2.22. The number of rotatable bonds is 3. The normalized spacial score (nSPS) is 18.9. The van der Waals surface area contributed by atoms with Crippen LogP contribution < -0.4 is 5.73 Å². The summed E-state index contributed by atoms with van der Waals surface area (Å²) in [4.78, 5) is 7.74. The molecule has 0 atom stereocenters. The molecule has 1 aromatic heterocycles. The molecular weight excluding hydrogens is 206 g/mol. The van der Waals surface area contributed by atoms with Gasteiger partial charge in [0.15, 0.2) is 0 Å². The van der Waals surface area contributed by atoms with Gasteiger partial charge in [0.25, 0.3) is 0 Å². The minimum Gasteiger partial charge on any atom is -0.449 e. The van der Waals surface area contributed by atoms with Gasteiger partial charge in [-0.1, -0.05) is 6.32 Å². The van der Waals surface area contributed by atoms with Gasteiger partial charge >= 0.3 is 6.98 Å². The second kappa shape index (κ2) is 3.20. The van der Waals surface area contributed by atoms with Crippen LogP contribution in [0.15, 0.2) is 12.4 Å². The van der Waals surface area contributed by atoms with E-state index in [4.69, 9.17) is 5.73 Å². The van der Waals surface area contributed by atoms with Gasteiger partial charge in [-0.15, -0.1) is 0 Å². The maximum absolute atomic E-state index is 12.1. The van der Waals surface area contributed by atoms with Crippen LogP contribution in [0, 0.1) is 0 Å². The Labute approximate surface area is 85.0 Å². The highest BCUT2D eigenvalue weighted by Gasteiger charge is 2.42. The first-order chi connectivity index (χ1) is 6.89. The highest BCUT2D eigenvalue weighted by molar-refractivity contribution is 6.57. The van der Waals surface area contributed by atoms with Gasteiger partial charge in [0.1, 0.15) is 5.82 Å². The summed E-state index contributed by atoms with van der Waals surface area (Å²) >= 11 is 0. The smallest absolute Gasteiger partial charge is 0.449 e. The second-order valence-corrected chi connectivity index (χ2v) is 3.99. The fourth-order valence-electron chi connectivity index (χ4n) is 1.34. The largest absolute Gasteiger partial charge is 0.482 e. The predicted octanol–water partition coefficient (Wildman–Crippen LogP) is 1.35. The van der Waals surface area contributed by atoms with Crippen molar-refractivity contribution in [1.29, 1.82) is 0 Å². The van der Waals surface area contributed by atoms with Gasteiger partial charge in [0.2, 0.25) is 0 Å². The SMILES string of the molecule is NC1(c2ncc(C[B-](F)(F)F)cn2)CC1. The molecule has 1 fully saturated rings. The molecule has 1 aromatic rings. The zero-order valence-corrected chi connectivity index (χ0v) is 7.96. The van der Waals surface area contributed by atoms with Crippen molar-refractivity contribution in [2.45, 2.75) is 24.7 Å². The Hall–Kier alpha value is -1.11. The van der Waals surface area contributed by atoms with E-state index in [1.807, 2.05) is 0 Å². The van der Waals surface area contributed by atoms with Gasteiger partial charge in [0.05, 0.1) is 5.54 Å². The number of halogens is 3. The van der Waals surface area contributed by atoms with Crippen molar-refractivity contribution in [2.24, 2.45) is 5.73 Å². The third-order valence-electron chi connectivity index (χ3n) is 2.41. The molecule has 1 aliphatic rings. The minimum absolute atomic E-state index is 0.0931. The lowest BCUT2D eigenvalue weighted by atomic mass is 9.83. The molecule has 0 aromatic carbocycles. The molecule has 1 saturated carbocycles. The zero-order chi connectivity index (χ0) is 11.1. The topological polar surface area (TPSA) is 51.8 Å². The molecule has 1 heterocycles. The maximum atomic E-state index is 12.1. The summed E-state index contributed by atoms with van der Waals surface area (Å²) in [6.07, 6.45) is 3.10. The Bertz CT molecular complexity index is 358. The van der Waals surface area contributed by atoms with Crippen LogP contribution in [0.25, 0.3) is 0 Å². The average Bonchev–Trinajstić information content (AvgIpc) is 2.83. The second-order valence-electron chi connectivity index (χ2n) is 3.99. The van der Waals surface area contributed by atoms with Crippen LogP contribution in [-0.4, -0.2) is 16.9 Å². The lowest BCUT2D eigenvalue weighted by molar-refractivity contribution is 0.468. The Morgan fingerprint density at radius 3 is 2.20 bits per heavy atom. The lowest BCUT2D eigenvalue weighted by Gasteiger charge is -2.13. The van der Waals surface area contributed by atoms with Gasteiger partial charge in [-0.3, -0.25) is 0 Å². The van der Waals surface area contributed by atoms with Gasteiger partial charge in [-0.2, -0.15) is 0 Å². The van der Waals surface area contributed by atoms with Crippen molar-refractivity contribution in [3.05, 3.63) is 23.8 Å². The molecule has 0 saturated heterocycles. The summed E-state index contributed by atoms with van der Waals surface area (Å²) in [5.41, 5.74) is 5.41. The van der Waals surface area contributed by atoms with E-state index in [0.717, 1.165) is 12.8 Å². The summed E-state index contributed by atoms with van der Waals surface area (Å²) in [6, 6.07) is 0. The molecule has 0 aliphatic heterocycles. The first-order valence-corrected chi connectivity index (χ1v) is 4.70. The van der Waals surface area contributed by atoms with E-state index in [2.05, 4.69) is 9.97 Å². The zero-order valence-electron chi connectivity index (χ0n) is 7.96. The minimum atomic E-state index is -4.82. The van der Waals surface area contributed by atoms with Crippen LogP contribution in [0.4, 0.5) is 12.9 Å². The molecule has 82 valence electrons. The van der Waals surface area contributed by atoms with Gasteiger partial charge in [-0.25, -0.2) is 9.97 Å². The molecule has 3 nitrogen and oxygen atoms in total. The fraction of sp³-hybridized carbons (Fsp3) is 0.500. The number of aromatic nitrogens is 2. The first-order valence-electron chi connectivity index (χ1n) is 4.70. The van der Waals surface area contributed by atoms with Crippen molar-refractivity contribution in [2.75, 3.05) is 0 Å². The van der Waals surface area contributed by atoms with Crippen LogP contribution >= 0.6 is 0 Å². The molecule has 0 bridgehead atoms. The average molecular weight is 216 g/mol. The van der Waals surface area contributed by atoms with Crippen LogP contribution in [0.2, 0.25) is 0 Å². The van der Waals surface area contributed by atoms with Crippen LogP contribution in [0.1, 0.15) is 24.2 Å². The van der Waals surface area contributed by atoms with Crippen LogP contribution in [0.5, 0.6) is 0 Å². The molecule has 2 N–H and O–H groups in total. The van der Waals surface area contributed by atoms with E-state index in [1.54, 1.807) is 0 Å². The summed E-state index contributed by atoms with van der Waals surface area (Å²) in [6.45, 7) is -4.82. The molecule has 0 radical (unpaired) electrons. The first kappa shape index (κ1) is 10.4. The molecule has 7 heteroatoms.